The van der Waals surface area contributed by atoms with Gasteiger partial charge >= 0.3 is 0 Å². The predicted octanol–water partition coefficient (Wildman–Crippen LogP) is 2.53. The number of nitrogen functional groups attached to an aromatic ring is 1. The van der Waals surface area contributed by atoms with Gasteiger partial charge in [0.2, 0.25) is 0 Å². The summed E-state index contributed by atoms with van der Waals surface area (Å²) in [5.41, 5.74) is 7.69. The summed E-state index contributed by atoms with van der Waals surface area (Å²) in [7, 11) is 0. The molecular formula is C13H19ClN2O. The van der Waals surface area contributed by atoms with Gasteiger partial charge in [0.15, 0.2) is 0 Å². The lowest BCUT2D eigenvalue weighted by Crippen LogP contribution is -2.46. The standard InChI is InChI=1S/C13H19ClN2O/c1-9-8-17-10(2)6-16(9)7-11-3-12(14)5-13(15)4-11/h3-5,9-10H,6-8,15H2,1-2H3. The molecule has 17 heavy (non-hydrogen) atoms. The Morgan fingerprint density at radius 3 is 2.88 bits per heavy atom. The van der Waals surface area contributed by atoms with E-state index in [0.717, 1.165) is 30.9 Å². The molecule has 3 nitrogen and oxygen atoms in total. The first-order valence-corrected chi connectivity index (χ1v) is 6.33. The molecule has 0 spiro atoms. The first kappa shape index (κ1) is 12.7. The van der Waals surface area contributed by atoms with Crippen LogP contribution in [-0.4, -0.2) is 30.2 Å². The Kier molecular flexibility index (Phi) is 3.92. The highest BCUT2D eigenvalue weighted by Gasteiger charge is 2.23. The van der Waals surface area contributed by atoms with Crippen LogP contribution >= 0.6 is 11.6 Å². The Hall–Kier alpha value is -0.770. The van der Waals surface area contributed by atoms with Crippen LogP contribution in [0.1, 0.15) is 19.4 Å². The van der Waals surface area contributed by atoms with Gasteiger partial charge in [-0.1, -0.05) is 11.6 Å². The number of ether oxygens (including phenoxy) is 1. The van der Waals surface area contributed by atoms with Gasteiger partial charge in [0, 0.05) is 29.8 Å². The Morgan fingerprint density at radius 1 is 1.41 bits per heavy atom. The van der Waals surface area contributed by atoms with Crippen LogP contribution < -0.4 is 5.73 Å². The minimum absolute atomic E-state index is 0.294. The highest BCUT2D eigenvalue weighted by molar-refractivity contribution is 6.30. The van der Waals surface area contributed by atoms with Crippen LogP contribution in [0.2, 0.25) is 5.02 Å². The Bertz CT molecular complexity index is 377. The smallest absolute Gasteiger partial charge is 0.0674 e. The van der Waals surface area contributed by atoms with E-state index < -0.39 is 0 Å². The van der Waals surface area contributed by atoms with Crippen LogP contribution in [0, 0.1) is 0 Å². The zero-order chi connectivity index (χ0) is 12.4. The van der Waals surface area contributed by atoms with E-state index in [-0.39, 0.29) is 0 Å². The molecule has 1 aliphatic rings. The minimum atomic E-state index is 0.294. The Labute approximate surface area is 107 Å². The van der Waals surface area contributed by atoms with Gasteiger partial charge in [-0.2, -0.15) is 0 Å². The first-order chi connectivity index (χ1) is 8.04. The van der Waals surface area contributed by atoms with E-state index in [0.29, 0.717) is 17.2 Å². The van der Waals surface area contributed by atoms with Crippen molar-refractivity contribution in [3.05, 3.63) is 28.8 Å². The van der Waals surface area contributed by atoms with Crippen molar-refractivity contribution in [1.29, 1.82) is 0 Å². The van der Waals surface area contributed by atoms with Gasteiger partial charge in [-0.25, -0.2) is 0 Å². The number of halogens is 1. The van der Waals surface area contributed by atoms with Gasteiger partial charge in [0.1, 0.15) is 0 Å². The number of hydrogen-bond acceptors (Lipinski definition) is 3. The quantitative estimate of drug-likeness (QED) is 0.825. The molecule has 1 aromatic rings. The van der Waals surface area contributed by atoms with E-state index in [4.69, 9.17) is 22.1 Å². The average molecular weight is 255 g/mol. The number of rotatable bonds is 2. The zero-order valence-corrected chi connectivity index (χ0v) is 11.1. The van der Waals surface area contributed by atoms with Crippen LogP contribution in [0.5, 0.6) is 0 Å². The largest absolute Gasteiger partial charge is 0.399 e. The zero-order valence-electron chi connectivity index (χ0n) is 10.3. The summed E-state index contributed by atoms with van der Waals surface area (Å²) in [5, 5.41) is 0.703. The lowest BCUT2D eigenvalue weighted by atomic mass is 10.1. The van der Waals surface area contributed by atoms with Crippen LogP contribution in [0.4, 0.5) is 5.69 Å². The summed E-state index contributed by atoms with van der Waals surface area (Å²) >= 11 is 6.01. The molecule has 2 N–H and O–H groups in total. The molecule has 1 aliphatic heterocycles. The maximum absolute atomic E-state index is 6.01. The van der Waals surface area contributed by atoms with Crippen molar-refractivity contribution in [1.82, 2.24) is 4.90 Å². The minimum Gasteiger partial charge on any atom is -0.399 e. The third kappa shape index (κ3) is 3.35. The molecule has 2 rings (SSSR count). The van der Waals surface area contributed by atoms with E-state index in [1.54, 1.807) is 6.07 Å². The van der Waals surface area contributed by atoms with E-state index in [1.807, 2.05) is 12.1 Å². The Balaban J connectivity index is 2.08. The van der Waals surface area contributed by atoms with Crippen molar-refractivity contribution >= 4 is 17.3 Å². The lowest BCUT2D eigenvalue weighted by Gasteiger charge is -2.36. The normalized spacial score (nSPS) is 26.1. The first-order valence-electron chi connectivity index (χ1n) is 5.95. The van der Waals surface area contributed by atoms with Gasteiger partial charge in [0.25, 0.3) is 0 Å². The van der Waals surface area contributed by atoms with Crippen LogP contribution in [0.15, 0.2) is 18.2 Å². The lowest BCUT2D eigenvalue weighted by molar-refractivity contribution is -0.0526. The summed E-state index contributed by atoms with van der Waals surface area (Å²) in [4.78, 5) is 2.40. The van der Waals surface area contributed by atoms with Gasteiger partial charge < -0.3 is 10.5 Å². The van der Waals surface area contributed by atoms with Crippen LogP contribution in [-0.2, 0) is 11.3 Å². The van der Waals surface area contributed by atoms with E-state index in [1.165, 1.54) is 0 Å². The molecule has 0 bridgehead atoms. The molecule has 2 unspecified atom stereocenters. The summed E-state index contributed by atoms with van der Waals surface area (Å²) < 4.78 is 5.61. The molecule has 94 valence electrons. The van der Waals surface area contributed by atoms with Crippen molar-refractivity contribution in [2.24, 2.45) is 0 Å². The topological polar surface area (TPSA) is 38.5 Å². The van der Waals surface area contributed by atoms with E-state index in [2.05, 4.69) is 18.7 Å². The summed E-state index contributed by atoms with van der Waals surface area (Å²) in [6.07, 6.45) is 0.294. The molecule has 2 atom stereocenters. The maximum atomic E-state index is 6.01. The third-order valence-corrected chi connectivity index (χ3v) is 3.32. The molecule has 0 amide bonds. The molecule has 0 aromatic heterocycles. The molecule has 4 heteroatoms. The molecule has 0 radical (unpaired) electrons. The third-order valence-electron chi connectivity index (χ3n) is 3.10. The predicted molar refractivity (Wildman–Crippen MR) is 71.2 cm³/mol. The van der Waals surface area contributed by atoms with Crippen molar-refractivity contribution in [2.75, 3.05) is 18.9 Å². The second-order valence-corrected chi connectivity index (χ2v) is 5.25. The second-order valence-electron chi connectivity index (χ2n) is 4.82. The van der Waals surface area contributed by atoms with Crippen LogP contribution in [0.3, 0.4) is 0 Å². The number of morpholine rings is 1. The van der Waals surface area contributed by atoms with E-state index >= 15 is 0 Å². The van der Waals surface area contributed by atoms with Gasteiger partial charge in [-0.15, -0.1) is 0 Å². The number of benzene rings is 1. The fourth-order valence-electron chi connectivity index (χ4n) is 2.19. The van der Waals surface area contributed by atoms with Gasteiger partial charge in [0.05, 0.1) is 12.7 Å². The maximum Gasteiger partial charge on any atom is 0.0674 e. The summed E-state index contributed by atoms with van der Waals surface area (Å²) in [5.74, 6) is 0. The molecule has 1 fully saturated rings. The SMILES string of the molecule is CC1CN(Cc2cc(N)cc(Cl)c2)C(C)CO1. The molecular weight excluding hydrogens is 236 g/mol. The van der Waals surface area contributed by atoms with Gasteiger partial charge in [-0.3, -0.25) is 4.90 Å². The fourth-order valence-corrected chi connectivity index (χ4v) is 2.46. The summed E-state index contributed by atoms with van der Waals surface area (Å²) in [6, 6.07) is 6.17. The number of hydrogen-bond donors (Lipinski definition) is 1. The Morgan fingerprint density at radius 2 is 2.18 bits per heavy atom. The summed E-state index contributed by atoms with van der Waals surface area (Å²) in [6.45, 7) is 6.90. The monoisotopic (exact) mass is 254 g/mol. The second kappa shape index (κ2) is 5.25. The van der Waals surface area contributed by atoms with Crippen molar-refractivity contribution < 1.29 is 4.74 Å². The number of nitrogens with two attached hydrogens (primary N) is 1. The van der Waals surface area contributed by atoms with Crippen molar-refractivity contribution in [2.45, 2.75) is 32.5 Å². The number of anilines is 1. The fraction of sp³-hybridized carbons (Fsp3) is 0.538. The highest BCUT2D eigenvalue weighted by Crippen LogP contribution is 2.20. The van der Waals surface area contributed by atoms with E-state index in [9.17, 15) is 0 Å². The highest BCUT2D eigenvalue weighted by atomic mass is 35.5. The molecule has 0 aliphatic carbocycles. The number of nitrogens with zero attached hydrogens (tertiary/aromatic N) is 1. The van der Waals surface area contributed by atoms with Crippen LogP contribution in [0.25, 0.3) is 0 Å². The molecule has 0 saturated carbocycles. The van der Waals surface area contributed by atoms with Gasteiger partial charge in [-0.05, 0) is 37.6 Å². The molecule has 1 heterocycles. The van der Waals surface area contributed by atoms with Crippen molar-refractivity contribution in [3.8, 4) is 0 Å². The molecule has 1 saturated heterocycles. The average Bonchev–Trinajstić information content (AvgIpc) is 2.22. The van der Waals surface area contributed by atoms with Crippen molar-refractivity contribution in [3.63, 3.8) is 0 Å². The molecule has 1 aromatic carbocycles.